The van der Waals surface area contributed by atoms with Gasteiger partial charge in [0.15, 0.2) is 0 Å². The van der Waals surface area contributed by atoms with Crippen molar-refractivity contribution in [2.45, 2.75) is 19.4 Å². The lowest BCUT2D eigenvalue weighted by Crippen LogP contribution is -2.14. The second kappa shape index (κ2) is 5.14. The van der Waals surface area contributed by atoms with Gasteiger partial charge >= 0.3 is 5.97 Å². The highest BCUT2D eigenvalue weighted by molar-refractivity contribution is 5.85. The molecule has 1 aromatic heterocycles. The van der Waals surface area contributed by atoms with E-state index >= 15 is 0 Å². The van der Waals surface area contributed by atoms with Crippen LogP contribution >= 0.6 is 0 Å². The van der Waals surface area contributed by atoms with E-state index in [4.69, 9.17) is 5.11 Å². The van der Waals surface area contributed by atoms with Crippen molar-refractivity contribution < 1.29 is 15.0 Å². The maximum absolute atomic E-state index is 10.7. The van der Waals surface area contributed by atoms with Crippen LogP contribution in [0.3, 0.4) is 0 Å². The molecule has 2 N–H and O–H groups in total. The molecule has 0 radical (unpaired) electrons. The number of nitrogens with zero attached hydrogens (tertiary/aromatic N) is 1. The van der Waals surface area contributed by atoms with Crippen LogP contribution in [0.25, 0.3) is 10.8 Å². The van der Waals surface area contributed by atoms with Gasteiger partial charge in [0.1, 0.15) is 0 Å². The number of aliphatic hydroxyl groups excluding tert-OH is 1. The van der Waals surface area contributed by atoms with E-state index in [9.17, 15) is 9.90 Å². The van der Waals surface area contributed by atoms with Gasteiger partial charge in [0.25, 0.3) is 0 Å². The third-order valence-electron chi connectivity index (χ3n) is 3.05. The SMILES string of the molecule is CC(CC(=O)O)C(O)c1cncc2ccccc12. The average molecular weight is 245 g/mol. The molecule has 0 amide bonds. The lowest BCUT2D eigenvalue weighted by Gasteiger charge is -2.18. The summed E-state index contributed by atoms with van der Waals surface area (Å²) in [6, 6.07) is 7.62. The predicted molar refractivity (Wildman–Crippen MR) is 68.1 cm³/mol. The Labute approximate surface area is 105 Å². The van der Waals surface area contributed by atoms with Crippen molar-refractivity contribution in [2.75, 3.05) is 0 Å². The van der Waals surface area contributed by atoms with Crippen LogP contribution in [0.1, 0.15) is 25.0 Å². The Morgan fingerprint density at radius 2 is 2.06 bits per heavy atom. The second-order valence-electron chi connectivity index (χ2n) is 4.47. The first-order chi connectivity index (χ1) is 8.59. The zero-order chi connectivity index (χ0) is 13.1. The first-order valence-corrected chi connectivity index (χ1v) is 5.82. The molecule has 4 heteroatoms. The maximum Gasteiger partial charge on any atom is 0.303 e. The summed E-state index contributed by atoms with van der Waals surface area (Å²) in [6.45, 7) is 1.72. The quantitative estimate of drug-likeness (QED) is 0.867. The molecule has 4 nitrogen and oxygen atoms in total. The molecular weight excluding hydrogens is 230 g/mol. The fourth-order valence-corrected chi connectivity index (χ4v) is 2.07. The number of hydrogen-bond donors (Lipinski definition) is 2. The zero-order valence-corrected chi connectivity index (χ0v) is 10.1. The highest BCUT2D eigenvalue weighted by Gasteiger charge is 2.21. The first kappa shape index (κ1) is 12.5. The van der Waals surface area contributed by atoms with Crippen LogP contribution in [-0.2, 0) is 4.79 Å². The van der Waals surface area contributed by atoms with Gasteiger partial charge in [-0.25, -0.2) is 0 Å². The molecule has 2 unspecified atom stereocenters. The van der Waals surface area contributed by atoms with Gasteiger partial charge in [-0.05, 0) is 11.3 Å². The summed E-state index contributed by atoms with van der Waals surface area (Å²) >= 11 is 0. The molecule has 1 aromatic carbocycles. The first-order valence-electron chi connectivity index (χ1n) is 5.82. The van der Waals surface area contributed by atoms with Crippen molar-refractivity contribution in [1.82, 2.24) is 4.98 Å². The van der Waals surface area contributed by atoms with Crippen molar-refractivity contribution >= 4 is 16.7 Å². The molecule has 0 spiro atoms. The molecule has 1 heterocycles. The van der Waals surface area contributed by atoms with Crippen LogP contribution in [0.2, 0.25) is 0 Å². The summed E-state index contributed by atoms with van der Waals surface area (Å²) in [6.07, 6.45) is 2.45. The molecule has 0 saturated heterocycles. The number of benzene rings is 1. The summed E-state index contributed by atoms with van der Waals surface area (Å²) < 4.78 is 0. The fourth-order valence-electron chi connectivity index (χ4n) is 2.07. The number of aliphatic carboxylic acids is 1. The normalized spacial score (nSPS) is 14.3. The largest absolute Gasteiger partial charge is 0.481 e. The van der Waals surface area contributed by atoms with E-state index in [2.05, 4.69) is 4.98 Å². The molecule has 94 valence electrons. The molecule has 0 aliphatic carbocycles. The van der Waals surface area contributed by atoms with Crippen molar-refractivity contribution in [3.63, 3.8) is 0 Å². The fraction of sp³-hybridized carbons (Fsp3) is 0.286. The van der Waals surface area contributed by atoms with Crippen LogP contribution in [0.5, 0.6) is 0 Å². The van der Waals surface area contributed by atoms with Crippen LogP contribution in [0.4, 0.5) is 0 Å². The van der Waals surface area contributed by atoms with Crippen LogP contribution in [-0.4, -0.2) is 21.2 Å². The molecule has 0 bridgehead atoms. The standard InChI is InChI=1S/C14H15NO3/c1-9(6-13(16)17)14(18)12-8-15-7-10-4-2-3-5-11(10)12/h2-5,7-9,14,18H,6H2,1H3,(H,16,17). The minimum absolute atomic E-state index is 0.0651. The number of carboxylic acids is 1. The molecule has 0 fully saturated rings. The Hall–Kier alpha value is -1.94. The summed E-state index contributed by atoms with van der Waals surface area (Å²) in [5.41, 5.74) is 0.682. The van der Waals surface area contributed by atoms with E-state index < -0.39 is 12.1 Å². The number of fused-ring (bicyclic) bond motifs is 1. The number of pyridine rings is 1. The number of aliphatic hydroxyl groups is 1. The van der Waals surface area contributed by atoms with E-state index in [1.807, 2.05) is 24.3 Å². The molecule has 0 aliphatic rings. The summed E-state index contributed by atoms with van der Waals surface area (Å²) in [5, 5.41) is 20.9. The second-order valence-corrected chi connectivity index (χ2v) is 4.47. The molecule has 2 aromatic rings. The van der Waals surface area contributed by atoms with Crippen molar-refractivity contribution in [3.05, 3.63) is 42.2 Å². The minimum Gasteiger partial charge on any atom is -0.481 e. The minimum atomic E-state index is -0.908. The summed E-state index contributed by atoms with van der Waals surface area (Å²) in [5.74, 6) is -1.26. The van der Waals surface area contributed by atoms with Gasteiger partial charge in [-0.1, -0.05) is 31.2 Å². The lowest BCUT2D eigenvalue weighted by molar-refractivity contribution is -0.138. The topological polar surface area (TPSA) is 70.4 Å². The predicted octanol–water partition coefficient (Wildman–Crippen LogP) is 2.38. The average Bonchev–Trinajstić information content (AvgIpc) is 2.36. The highest BCUT2D eigenvalue weighted by atomic mass is 16.4. The molecule has 0 saturated carbocycles. The number of carbonyl (C=O) groups is 1. The molecular formula is C14H15NO3. The summed E-state index contributed by atoms with van der Waals surface area (Å²) in [7, 11) is 0. The third kappa shape index (κ3) is 2.49. The van der Waals surface area contributed by atoms with Gasteiger partial charge in [0.05, 0.1) is 12.5 Å². The molecule has 2 atom stereocenters. The Bertz CT molecular complexity index is 562. The van der Waals surface area contributed by atoms with Crippen LogP contribution in [0, 0.1) is 5.92 Å². The van der Waals surface area contributed by atoms with E-state index in [1.54, 1.807) is 19.3 Å². The van der Waals surface area contributed by atoms with Gasteiger partial charge in [0.2, 0.25) is 0 Å². The van der Waals surface area contributed by atoms with Crippen molar-refractivity contribution in [1.29, 1.82) is 0 Å². The van der Waals surface area contributed by atoms with Gasteiger partial charge < -0.3 is 10.2 Å². The monoisotopic (exact) mass is 245 g/mol. The van der Waals surface area contributed by atoms with Gasteiger partial charge in [0, 0.05) is 23.3 Å². The molecule has 18 heavy (non-hydrogen) atoms. The number of carboxylic acid groups (broad SMARTS) is 1. The van der Waals surface area contributed by atoms with E-state index in [0.29, 0.717) is 5.56 Å². The highest BCUT2D eigenvalue weighted by Crippen LogP contribution is 2.29. The maximum atomic E-state index is 10.7. The smallest absolute Gasteiger partial charge is 0.303 e. The van der Waals surface area contributed by atoms with Crippen LogP contribution in [0.15, 0.2) is 36.7 Å². The van der Waals surface area contributed by atoms with E-state index in [0.717, 1.165) is 10.8 Å². The zero-order valence-electron chi connectivity index (χ0n) is 10.1. The summed E-state index contributed by atoms with van der Waals surface area (Å²) in [4.78, 5) is 14.8. The van der Waals surface area contributed by atoms with Crippen molar-refractivity contribution in [3.8, 4) is 0 Å². The Morgan fingerprint density at radius 3 is 2.78 bits per heavy atom. The lowest BCUT2D eigenvalue weighted by atomic mass is 9.93. The number of aromatic nitrogens is 1. The Kier molecular flexibility index (Phi) is 3.58. The van der Waals surface area contributed by atoms with Gasteiger partial charge in [-0.3, -0.25) is 9.78 Å². The number of rotatable bonds is 4. The Morgan fingerprint density at radius 1 is 1.33 bits per heavy atom. The number of hydrogen-bond acceptors (Lipinski definition) is 3. The third-order valence-corrected chi connectivity index (χ3v) is 3.05. The van der Waals surface area contributed by atoms with Gasteiger partial charge in [-0.2, -0.15) is 0 Å². The molecule has 2 rings (SSSR count). The van der Waals surface area contributed by atoms with Crippen LogP contribution < -0.4 is 0 Å². The Balaban J connectivity index is 2.38. The molecule has 0 aliphatic heterocycles. The van der Waals surface area contributed by atoms with E-state index in [1.165, 1.54) is 0 Å². The van der Waals surface area contributed by atoms with E-state index in [-0.39, 0.29) is 12.3 Å². The van der Waals surface area contributed by atoms with Gasteiger partial charge in [-0.15, -0.1) is 0 Å². The van der Waals surface area contributed by atoms with Crippen molar-refractivity contribution in [2.24, 2.45) is 5.92 Å².